The molecule has 0 fully saturated rings. The van der Waals surface area contributed by atoms with Crippen LogP contribution in [-0.2, 0) is 6.42 Å². The maximum atomic E-state index is 11.9. The molecular formula is C13H15NO. The van der Waals surface area contributed by atoms with Gasteiger partial charge < -0.3 is 4.98 Å². The molecule has 0 saturated carbocycles. The Morgan fingerprint density at radius 2 is 2.13 bits per heavy atom. The molecule has 2 heteroatoms. The lowest BCUT2D eigenvalue weighted by molar-refractivity contribution is 0.923. The van der Waals surface area contributed by atoms with Crippen LogP contribution < -0.4 is 5.43 Å². The van der Waals surface area contributed by atoms with Gasteiger partial charge in [-0.1, -0.05) is 19.4 Å². The van der Waals surface area contributed by atoms with Gasteiger partial charge in [0.05, 0.1) is 0 Å². The van der Waals surface area contributed by atoms with Crippen molar-refractivity contribution in [1.82, 2.24) is 4.98 Å². The zero-order chi connectivity index (χ0) is 10.8. The third kappa shape index (κ3) is 1.80. The second-order valence-corrected chi connectivity index (χ2v) is 3.93. The minimum absolute atomic E-state index is 0.140. The van der Waals surface area contributed by atoms with E-state index in [0.717, 1.165) is 29.3 Å². The maximum absolute atomic E-state index is 11.9. The summed E-state index contributed by atoms with van der Waals surface area (Å²) in [6.45, 7) is 3.98. The highest BCUT2D eigenvalue weighted by atomic mass is 16.1. The van der Waals surface area contributed by atoms with Crippen molar-refractivity contribution >= 4 is 10.9 Å². The van der Waals surface area contributed by atoms with Crippen molar-refractivity contribution < 1.29 is 0 Å². The van der Waals surface area contributed by atoms with E-state index in [2.05, 4.69) is 18.0 Å². The van der Waals surface area contributed by atoms with Crippen LogP contribution in [0, 0.1) is 6.92 Å². The quantitative estimate of drug-likeness (QED) is 0.796. The van der Waals surface area contributed by atoms with Crippen LogP contribution in [0.4, 0.5) is 0 Å². The van der Waals surface area contributed by atoms with E-state index in [4.69, 9.17) is 0 Å². The molecule has 0 aliphatic rings. The Kier molecular flexibility index (Phi) is 2.58. The predicted octanol–water partition coefficient (Wildman–Crippen LogP) is 2.79. The van der Waals surface area contributed by atoms with Gasteiger partial charge in [0.1, 0.15) is 0 Å². The van der Waals surface area contributed by atoms with E-state index < -0.39 is 0 Å². The molecule has 0 unspecified atom stereocenters. The Labute approximate surface area is 89.0 Å². The van der Waals surface area contributed by atoms with E-state index >= 15 is 0 Å². The van der Waals surface area contributed by atoms with Gasteiger partial charge >= 0.3 is 0 Å². The first-order chi connectivity index (χ1) is 7.22. The molecule has 0 bridgehead atoms. The van der Waals surface area contributed by atoms with Gasteiger partial charge in [0, 0.05) is 22.7 Å². The van der Waals surface area contributed by atoms with Crippen molar-refractivity contribution in [1.29, 1.82) is 0 Å². The third-order valence-corrected chi connectivity index (χ3v) is 2.67. The number of aromatic nitrogens is 1. The summed E-state index contributed by atoms with van der Waals surface area (Å²) in [5, 5.41) is 0.806. The van der Waals surface area contributed by atoms with Gasteiger partial charge in [0.25, 0.3) is 0 Å². The van der Waals surface area contributed by atoms with E-state index in [1.54, 1.807) is 6.20 Å². The van der Waals surface area contributed by atoms with E-state index in [0.29, 0.717) is 0 Å². The average molecular weight is 201 g/mol. The second-order valence-electron chi connectivity index (χ2n) is 3.93. The number of hydrogen-bond acceptors (Lipinski definition) is 1. The largest absolute Gasteiger partial charge is 0.361 e. The van der Waals surface area contributed by atoms with Crippen LogP contribution in [0.2, 0.25) is 0 Å². The molecule has 2 nitrogen and oxygen atoms in total. The van der Waals surface area contributed by atoms with Gasteiger partial charge in [0.15, 0.2) is 5.43 Å². The van der Waals surface area contributed by atoms with Gasteiger partial charge in [-0.15, -0.1) is 0 Å². The van der Waals surface area contributed by atoms with E-state index in [9.17, 15) is 4.79 Å². The highest BCUT2D eigenvalue weighted by Gasteiger charge is 2.02. The van der Waals surface area contributed by atoms with Gasteiger partial charge in [-0.2, -0.15) is 0 Å². The lowest BCUT2D eigenvalue weighted by Crippen LogP contribution is -2.06. The summed E-state index contributed by atoms with van der Waals surface area (Å²) in [5.74, 6) is 0. The number of aromatic amines is 1. The van der Waals surface area contributed by atoms with Crippen molar-refractivity contribution in [2.75, 3.05) is 0 Å². The number of benzene rings is 1. The van der Waals surface area contributed by atoms with Gasteiger partial charge in [-0.3, -0.25) is 4.79 Å². The summed E-state index contributed by atoms with van der Waals surface area (Å²) >= 11 is 0. The molecule has 0 aliphatic carbocycles. The molecule has 0 aliphatic heterocycles. The molecule has 78 valence electrons. The molecule has 2 rings (SSSR count). The summed E-state index contributed by atoms with van der Waals surface area (Å²) in [7, 11) is 0. The molecule has 0 spiro atoms. The number of nitrogens with one attached hydrogen (secondary N) is 1. The summed E-state index contributed by atoms with van der Waals surface area (Å²) in [4.78, 5) is 15.0. The zero-order valence-corrected chi connectivity index (χ0v) is 9.13. The highest BCUT2D eigenvalue weighted by Crippen LogP contribution is 2.12. The molecule has 0 radical (unpaired) electrons. The van der Waals surface area contributed by atoms with Crippen LogP contribution in [0.5, 0.6) is 0 Å². The number of fused-ring (bicyclic) bond motifs is 1. The fraction of sp³-hybridized carbons (Fsp3) is 0.308. The van der Waals surface area contributed by atoms with Crippen molar-refractivity contribution in [3.63, 3.8) is 0 Å². The minimum atomic E-state index is 0.140. The molecule has 1 N–H and O–H groups in total. The lowest BCUT2D eigenvalue weighted by atomic mass is 10.1. The Morgan fingerprint density at radius 1 is 1.33 bits per heavy atom. The number of rotatable bonds is 2. The first kappa shape index (κ1) is 9.97. The molecule has 0 atom stereocenters. The van der Waals surface area contributed by atoms with Crippen LogP contribution in [0.3, 0.4) is 0 Å². The molecule has 0 saturated heterocycles. The number of pyridine rings is 1. The Bertz CT molecular complexity index is 540. The lowest BCUT2D eigenvalue weighted by Gasteiger charge is -2.02. The highest BCUT2D eigenvalue weighted by molar-refractivity contribution is 5.79. The van der Waals surface area contributed by atoms with E-state index in [1.807, 2.05) is 19.1 Å². The first-order valence-corrected chi connectivity index (χ1v) is 5.33. The molecule has 1 aromatic carbocycles. The molecular weight excluding hydrogens is 186 g/mol. The van der Waals surface area contributed by atoms with Gasteiger partial charge in [-0.25, -0.2) is 0 Å². The summed E-state index contributed by atoms with van der Waals surface area (Å²) in [6.07, 6.45) is 3.91. The van der Waals surface area contributed by atoms with E-state index in [1.165, 1.54) is 5.56 Å². The zero-order valence-electron chi connectivity index (χ0n) is 9.13. The standard InChI is InChI=1S/C13H15NO/c1-3-4-10-5-6-12-11(7-10)13(15)9(2)8-14-12/h5-8H,3-4H2,1-2H3,(H,14,15). The van der Waals surface area contributed by atoms with Crippen LogP contribution in [0.25, 0.3) is 10.9 Å². The van der Waals surface area contributed by atoms with Crippen molar-refractivity contribution in [3.05, 3.63) is 45.7 Å². The van der Waals surface area contributed by atoms with Gasteiger partial charge in [-0.05, 0) is 31.0 Å². The topological polar surface area (TPSA) is 32.9 Å². The Morgan fingerprint density at radius 3 is 2.87 bits per heavy atom. The van der Waals surface area contributed by atoms with Crippen molar-refractivity contribution in [2.45, 2.75) is 26.7 Å². The molecule has 2 aromatic rings. The normalized spacial score (nSPS) is 10.8. The maximum Gasteiger partial charge on any atom is 0.192 e. The minimum Gasteiger partial charge on any atom is -0.361 e. The van der Waals surface area contributed by atoms with Crippen LogP contribution >= 0.6 is 0 Å². The van der Waals surface area contributed by atoms with Crippen LogP contribution in [0.15, 0.2) is 29.2 Å². The fourth-order valence-electron chi connectivity index (χ4n) is 1.81. The summed E-state index contributed by atoms with van der Waals surface area (Å²) in [5.41, 5.74) is 3.07. The smallest absolute Gasteiger partial charge is 0.192 e. The number of H-pyrrole nitrogens is 1. The van der Waals surface area contributed by atoms with Crippen LogP contribution in [0.1, 0.15) is 24.5 Å². The fourth-order valence-corrected chi connectivity index (χ4v) is 1.81. The third-order valence-electron chi connectivity index (χ3n) is 2.67. The van der Waals surface area contributed by atoms with Crippen molar-refractivity contribution in [3.8, 4) is 0 Å². The molecule has 1 heterocycles. The summed E-state index contributed by atoms with van der Waals surface area (Å²) < 4.78 is 0. The van der Waals surface area contributed by atoms with E-state index in [-0.39, 0.29) is 5.43 Å². The number of hydrogen-bond donors (Lipinski definition) is 1. The van der Waals surface area contributed by atoms with Crippen molar-refractivity contribution in [2.24, 2.45) is 0 Å². The SMILES string of the molecule is CCCc1ccc2[nH]cc(C)c(=O)c2c1. The molecule has 1 aromatic heterocycles. The average Bonchev–Trinajstić information content (AvgIpc) is 2.25. The Hall–Kier alpha value is -1.57. The number of aryl methyl sites for hydroxylation is 2. The van der Waals surface area contributed by atoms with Crippen LogP contribution in [-0.4, -0.2) is 4.98 Å². The monoisotopic (exact) mass is 201 g/mol. The first-order valence-electron chi connectivity index (χ1n) is 5.33. The summed E-state index contributed by atoms with van der Waals surface area (Å²) in [6, 6.07) is 6.07. The molecule has 15 heavy (non-hydrogen) atoms. The van der Waals surface area contributed by atoms with Gasteiger partial charge in [0.2, 0.25) is 0 Å². The second kappa shape index (κ2) is 3.89. The molecule has 0 amide bonds. The Balaban J connectivity index is 2.68. The predicted molar refractivity (Wildman–Crippen MR) is 63.3 cm³/mol.